The Hall–Kier alpha value is -2.32. The molecule has 0 spiro atoms. The fourth-order valence-corrected chi connectivity index (χ4v) is 2.23. The van der Waals surface area contributed by atoms with Gasteiger partial charge in [-0.3, -0.25) is 4.79 Å². The van der Waals surface area contributed by atoms with Crippen molar-refractivity contribution >= 4 is 33.2 Å². The second-order valence-corrected chi connectivity index (χ2v) is 5.15. The Morgan fingerprint density at radius 3 is 2.75 bits per heavy atom. The Morgan fingerprint density at radius 2 is 2.10 bits per heavy atom. The maximum absolute atomic E-state index is 12.2. The standard InChI is InChI=1S/C15H12BrN3O/c1-9-3-2-4-11(14(9)18)15(20)19-13-6-5-10(8-17)7-12(13)16/h2-7H,18H2,1H3,(H,19,20). The second kappa shape index (κ2) is 5.76. The minimum Gasteiger partial charge on any atom is -0.398 e. The molecule has 0 saturated carbocycles. The van der Waals surface area contributed by atoms with Gasteiger partial charge in [-0.2, -0.15) is 5.26 Å². The smallest absolute Gasteiger partial charge is 0.257 e. The number of nitrogens with one attached hydrogen (secondary N) is 1. The quantitative estimate of drug-likeness (QED) is 0.828. The minimum absolute atomic E-state index is 0.281. The molecular weight excluding hydrogens is 318 g/mol. The summed E-state index contributed by atoms with van der Waals surface area (Å²) in [5, 5.41) is 11.6. The van der Waals surface area contributed by atoms with Crippen LogP contribution in [-0.4, -0.2) is 5.91 Å². The highest BCUT2D eigenvalue weighted by molar-refractivity contribution is 9.10. The first-order valence-electron chi connectivity index (χ1n) is 5.89. The lowest BCUT2D eigenvalue weighted by atomic mass is 10.1. The van der Waals surface area contributed by atoms with Crippen LogP contribution in [0.5, 0.6) is 0 Å². The second-order valence-electron chi connectivity index (χ2n) is 4.30. The first kappa shape index (κ1) is 14.1. The summed E-state index contributed by atoms with van der Waals surface area (Å²) in [6.07, 6.45) is 0. The summed E-state index contributed by atoms with van der Waals surface area (Å²) >= 11 is 3.32. The van der Waals surface area contributed by atoms with E-state index in [-0.39, 0.29) is 5.91 Å². The van der Waals surface area contributed by atoms with Crippen LogP contribution in [0.15, 0.2) is 40.9 Å². The van der Waals surface area contributed by atoms with Gasteiger partial charge in [0.15, 0.2) is 0 Å². The molecule has 2 aromatic carbocycles. The molecule has 0 saturated heterocycles. The van der Waals surface area contributed by atoms with Crippen molar-refractivity contribution < 1.29 is 4.79 Å². The maximum atomic E-state index is 12.2. The summed E-state index contributed by atoms with van der Waals surface area (Å²) in [6.45, 7) is 1.85. The average molecular weight is 330 g/mol. The summed E-state index contributed by atoms with van der Waals surface area (Å²) in [5.74, 6) is -0.281. The van der Waals surface area contributed by atoms with Crippen molar-refractivity contribution in [2.75, 3.05) is 11.1 Å². The number of nitrogens with zero attached hydrogens (tertiary/aromatic N) is 1. The van der Waals surface area contributed by atoms with Crippen molar-refractivity contribution in [3.8, 4) is 6.07 Å². The molecule has 0 radical (unpaired) electrons. The van der Waals surface area contributed by atoms with E-state index < -0.39 is 0 Å². The van der Waals surface area contributed by atoms with Gasteiger partial charge in [0.05, 0.1) is 22.9 Å². The number of nitrogen functional groups attached to an aromatic ring is 1. The molecule has 100 valence electrons. The predicted octanol–water partition coefficient (Wildman–Crippen LogP) is 3.46. The molecule has 4 nitrogen and oxygen atoms in total. The topological polar surface area (TPSA) is 78.9 Å². The molecule has 0 atom stereocenters. The molecule has 0 bridgehead atoms. The van der Waals surface area contributed by atoms with Crippen LogP contribution in [0.1, 0.15) is 21.5 Å². The summed E-state index contributed by atoms with van der Waals surface area (Å²) in [7, 11) is 0. The van der Waals surface area contributed by atoms with Crippen LogP contribution in [0.25, 0.3) is 0 Å². The lowest BCUT2D eigenvalue weighted by molar-refractivity contribution is 0.102. The van der Waals surface area contributed by atoms with Gasteiger partial charge in [-0.25, -0.2) is 0 Å². The van der Waals surface area contributed by atoms with Crippen molar-refractivity contribution in [1.82, 2.24) is 0 Å². The predicted molar refractivity (Wildman–Crippen MR) is 82.4 cm³/mol. The van der Waals surface area contributed by atoms with E-state index in [2.05, 4.69) is 21.2 Å². The van der Waals surface area contributed by atoms with E-state index in [4.69, 9.17) is 11.0 Å². The fraction of sp³-hybridized carbons (Fsp3) is 0.0667. The van der Waals surface area contributed by atoms with E-state index in [0.29, 0.717) is 27.0 Å². The number of benzene rings is 2. The summed E-state index contributed by atoms with van der Waals surface area (Å²) in [5.41, 5.74) is 8.77. The lowest BCUT2D eigenvalue weighted by Crippen LogP contribution is -2.15. The Morgan fingerprint density at radius 1 is 1.35 bits per heavy atom. The number of carbonyl (C=O) groups excluding carboxylic acids is 1. The molecule has 20 heavy (non-hydrogen) atoms. The molecule has 0 aliphatic rings. The third-order valence-corrected chi connectivity index (χ3v) is 3.57. The number of para-hydroxylation sites is 1. The molecule has 3 N–H and O–H groups in total. The summed E-state index contributed by atoms with van der Waals surface area (Å²) in [6, 6.07) is 12.3. The van der Waals surface area contributed by atoms with Gasteiger partial charge in [0.1, 0.15) is 0 Å². The van der Waals surface area contributed by atoms with Gasteiger partial charge < -0.3 is 11.1 Å². The number of anilines is 2. The van der Waals surface area contributed by atoms with E-state index in [9.17, 15) is 4.79 Å². The zero-order valence-corrected chi connectivity index (χ0v) is 12.4. The zero-order chi connectivity index (χ0) is 14.7. The van der Waals surface area contributed by atoms with Gasteiger partial charge in [0.2, 0.25) is 0 Å². The number of halogens is 1. The first-order valence-corrected chi connectivity index (χ1v) is 6.68. The zero-order valence-electron chi connectivity index (χ0n) is 10.8. The molecule has 0 heterocycles. The van der Waals surface area contributed by atoms with E-state index in [0.717, 1.165) is 5.56 Å². The van der Waals surface area contributed by atoms with Gasteiger partial charge in [0, 0.05) is 10.2 Å². The van der Waals surface area contributed by atoms with Crippen molar-refractivity contribution in [2.24, 2.45) is 0 Å². The lowest BCUT2D eigenvalue weighted by Gasteiger charge is -2.10. The minimum atomic E-state index is -0.281. The van der Waals surface area contributed by atoms with Crippen LogP contribution in [0, 0.1) is 18.3 Å². The van der Waals surface area contributed by atoms with E-state index >= 15 is 0 Å². The highest BCUT2D eigenvalue weighted by Crippen LogP contribution is 2.25. The van der Waals surface area contributed by atoms with Crippen LogP contribution < -0.4 is 11.1 Å². The van der Waals surface area contributed by atoms with Crippen LogP contribution >= 0.6 is 15.9 Å². The number of nitrogens with two attached hydrogens (primary N) is 1. The number of hydrogen-bond donors (Lipinski definition) is 2. The SMILES string of the molecule is Cc1cccc(C(=O)Nc2ccc(C#N)cc2Br)c1N. The molecule has 0 aliphatic heterocycles. The van der Waals surface area contributed by atoms with Crippen LogP contribution in [0.2, 0.25) is 0 Å². The Labute approximate surface area is 125 Å². The van der Waals surface area contributed by atoms with Crippen molar-refractivity contribution in [3.05, 3.63) is 57.6 Å². The average Bonchev–Trinajstić information content (AvgIpc) is 2.44. The molecule has 1 amide bonds. The van der Waals surface area contributed by atoms with Gasteiger partial charge >= 0.3 is 0 Å². The maximum Gasteiger partial charge on any atom is 0.257 e. The molecule has 0 unspecified atom stereocenters. The highest BCUT2D eigenvalue weighted by Gasteiger charge is 2.12. The molecule has 0 aromatic heterocycles. The molecular formula is C15H12BrN3O. The summed E-state index contributed by atoms with van der Waals surface area (Å²) < 4.78 is 0.649. The van der Waals surface area contributed by atoms with Gasteiger partial charge in [-0.15, -0.1) is 0 Å². The van der Waals surface area contributed by atoms with Gasteiger partial charge in [0.25, 0.3) is 5.91 Å². The Kier molecular flexibility index (Phi) is 4.06. The molecule has 0 fully saturated rings. The first-order chi connectivity index (χ1) is 9.52. The number of nitriles is 1. The monoisotopic (exact) mass is 329 g/mol. The van der Waals surface area contributed by atoms with Crippen LogP contribution in [-0.2, 0) is 0 Å². The molecule has 0 aliphatic carbocycles. The third-order valence-electron chi connectivity index (χ3n) is 2.92. The Balaban J connectivity index is 2.29. The van der Waals surface area contributed by atoms with Crippen molar-refractivity contribution in [1.29, 1.82) is 5.26 Å². The number of rotatable bonds is 2. The number of carbonyl (C=O) groups is 1. The van der Waals surface area contributed by atoms with Crippen LogP contribution in [0.3, 0.4) is 0 Å². The number of aryl methyl sites for hydroxylation is 1. The molecule has 2 aromatic rings. The van der Waals surface area contributed by atoms with E-state index in [1.165, 1.54) is 0 Å². The largest absolute Gasteiger partial charge is 0.398 e. The van der Waals surface area contributed by atoms with Crippen molar-refractivity contribution in [3.63, 3.8) is 0 Å². The third kappa shape index (κ3) is 2.81. The van der Waals surface area contributed by atoms with Gasteiger partial charge in [-0.05, 0) is 52.7 Å². The van der Waals surface area contributed by atoms with Crippen LogP contribution in [0.4, 0.5) is 11.4 Å². The van der Waals surface area contributed by atoms with E-state index in [1.807, 2.05) is 19.1 Å². The highest BCUT2D eigenvalue weighted by atomic mass is 79.9. The van der Waals surface area contributed by atoms with Crippen molar-refractivity contribution in [2.45, 2.75) is 6.92 Å². The molecule has 2 rings (SSSR count). The molecule has 5 heteroatoms. The number of hydrogen-bond acceptors (Lipinski definition) is 3. The van der Waals surface area contributed by atoms with E-state index in [1.54, 1.807) is 30.3 Å². The van der Waals surface area contributed by atoms with Gasteiger partial charge in [-0.1, -0.05) is 12.1 Å². The Bertz CT molecular complexity index is 720. The normalized spacial score (nSPS) is 9.85. The number of amides is 1. The fourth-order valence-electron chi connectivity index (χ4n) is 1.75. The summed E-state index contributed by atoms with van der Waals surface area (Å²) in [4.78, 5) is 12.2.